The van der Waals surface area contributed by atoms with Crippen LogP contribution in [0.3, 0.4) is 0 Å². The minimum absolute atomic E-state index is 0.00319. The second kappa shape index (κ2) is 6.35. The van der Waals surface area contributed by atoms with Gasteiger partial charge in [0, 0.05) is 19.1 Å². The summed E-state index contributed by atoms with van der Waals surface area (Å²) in [7, 11) is -3.09. The summed E-state index contributed by atoms with van der Waals surface area (Å²) in [5.41, 5.74) is 2.73. The third-order valence-corrected chi connectivity index (χ3v) is 7.24. The Balaban J connectivity index is 1.55. The Kier molecular flexibility index (Phi) is 4.27. The molecule has 2 saturated heterocycles. The van der Waals surface area contributed by atoms with E-state index in [0.717, 1.165) is 35.5 Å². The van der Waals surface area contributed by atoms with Crippen molar-refractivity contribution in [3.8, 4) is 0 Å². The highest BCUT2D eigenvalue weighted by Crippen LogP contribution is 2.27. The summed E-state index contributed by atoms with van der Waals surface area (Å²) in [5.74, 6) is 1.09. The molecule has 2 aliphatic heterocycles. The predicted octanol–water partition coefficient (Wildman–Crippen LogP) is 0.744. The number of imidazole rings is 1. The fourth-order valence-corrected chi connectivity index (χ4v) is 6.31. The van der Waals surface area contributed by atoms with E-state index in [2.05, 4.69) is 14.9 Å². The van der Waals surface area contributed by atoms with E-state index >= 15 is 0 Å². The number of aryl methyl sites for hydroxylation is 1. The fourth-order valence-electron chi connectivity index (χ4n) is 4.30. The van der Waals surface area contributed by atoms with Gasteiger partial charge in [-0.05, 0) is 31.2 Å². The number of nitrogens with zero attached hydrogens (tertiary/aromatic N) is 3. The van der Waals surface area contributed by atoms with Crippen LogP contribution in [-0.4, -0.2) is 77.3 Å². The van der Waals surface area contributed by atoms with Crippen molar-refractivity contribution in [1.82, 2.24) is 19.8 Å². The van der Waals surface area contributed by atoms with E-state index in [4.69, 9.17) is 0 Å². The van der Waals surface area contributed by atoms with Gasteiger partial charge in [-0.1, -0.05) is 13.0 Å². The molecule has 8 heteroatoms. The minimum atomic E-state index is -3.09. The molecule has 2 aliphatic rings. The van der Waals surface area contributed by atoms with Crippen LogP contribution in [0.2, 0.25) is 0 Å². The third-order valence-electron chi connectivity index (χ3n) is 5.54. The monoisotopic (exact) mass is 376 g/mol. The third kappa shape index (κ3) is 3.12. The van der Waals surface area contributed by atoms with Crippen LogP contribution in [0.1, 0.15) is 18.3 Å². The molecule has 140 valence electrons. The number of H-pyrrole nitrogens is 1. The molecule has 0 saturated carbocycles. The summed E-state index contributed by atoms with van der Waals surface area (Å²) in [4.78, 5) is 24.5. The highest BCUT2D eigenvalue weighted by molar-refractivity contribution is 7.91. The zero-order chi connectivity index (χ0) is 18.5. The number of nitrogens with one attached hydrogen (secondary N) is 1. The average Bonchev–Trinajstić information content (AvgIpc) is 3.10. The van der Waals surface area contributed by atoms with Gasteiger partial charge in [0.15, 0.2) is 9.84 Å². The quantitative estimate of drug-likeness (QED) is 0.854. The maximum Gasteiger partial charge on any atom is 0.227 e. The zero-order valence-corrected chi connectivity index (χ0v) is 15.9. The number of aromatic amines is 1. The first kappa shape index (κ1) is 17.5. The summed E-state index contributed by atoms with van der Waals surface area (Å²) in [6.07, 6.45) is 0.281. The van der Waals surface area contributed by atoms with Gasteiger partial charge in [-0.15, -0.1) is 0 Å². The number of hydrogen-bond donors (Lipinski definition) is 1. The number of carbonyl (C=O) groups is 1. The largest absolute Gasteiger partial charge is 0.342 e. The van der Waals surface area contributed by atoms with Crippen molar-refractivity contribution in [3.63, 3.8) is 0 Å². The van der Waals surface area contributed by atoms with Crippen molar-refractivity contribution in [2.75, 3.05) is 31.1 Å². The molecule has 1 N–H and O–H groups in total. The molecular weight excluding hydrogens is 352 g/mol. The molecule has 26 heavy (non-hydrogen) atoms. The van der Waals surface area contributed by atoms with Crippen molar-refractivity contribution in [2.45, 2.75) is 32.4 Å². The minimum Gasteiger partial charge on any atom is -0.342 e. The molecule has 1 amide bonds. The van der Waals surface area contributed by atoms with Gasteiger partial charge in [0.05, 0.1) is 35.0 Å². The first-order chi connectivity index (χ1) is 12.4. The number of piperazine rings is 1. The van der Waals surface area contributed by atoms with Crippen LogP contribution in [0.4, 0.5) is 0 Å². The standard InChI is InChI=1S/C18H24N4O3S/c1-3-21-6-7-22(17-11-26(24,25)10-16(17)21)18(23)9-13-4-5-14-15(8-13)20-12(2)19-14/h4-5,8,16-17H,3,6-7,9-11H2,1-2H3,(H,19,20)/t16-,17+/m1/s1. The van der Waals surface area contributed by atoms with Crippen molar-refractivity contribution in [3.05, 3.63) is 29.6 Å². The summed E-state index contributed by atoms with van der Waals surface area (Å²) in [6.45, 7) is 6.08. The van der Waals surface area contributed by atoms with Gasteiger partial charge in [0.1, 0.15) is 5.82 Å². The summed E-state index contributed by atoms with van der Waals surface area (Å²) in [5, 5.41) is 0. The lowest BCUT2D eigenvalue weighted by molar-refractivity contribution is -0.136. The highest BCUT2D eigenvalue weighted by atomic mass is 32.2. The second-order valence-electron chi connectivity index (χ2n) is 7.28. The molecule has 0 unspecified atom stereocenters. The molecule has 0 aliphatic carbocycles. The number of amides is 1. The van der Waals surface area contributed by atoms with Crippen molar-refractivity contribution < 1.29 is 13.2 Å². The number of likely N-dealkylation sites (N-methyl/N-ethyl adjacent to an activating group) is 1. The molecule has 0 radical (unpaired) electrons. The number of rotatable bonds is 3. The molecule has 2 atom stereocenters. The summed E-state index contributed by atoms with van der Waals surface area (Å²) >= 11 is 0. The molecule has 7 nitrogen and oxygen atoms in total. The number of carbonyl (C=O) groups excluding carboxylic acids is 1. The number of benzene rings is 1. The second-order valence-corrected chi connectivity index (χ2v) is 9.43. The van der Waals surface area contributed by atoms with Crippen LogP contribution in [-0.2, 0) is 21.1 Å². The lowest BCUT2D eigenvalue weighted by atomic mass is 10.0. The van der Waals surface area contributed by atoms with E-state index in [-0.39, 0.29) is 35.9 Å². The van der Waals surface area contributed by atoms with Gasteiger partial charge in [-0.3, -0.25) is 9.69 Å². The van der Waals surface area contributed by atoms with Crippen LogP contribution in [0.25, 0.3) is 11.0 Å². The molecule has 0 spiro atoms. The Morgan fingerprint density at radius 2 is 2.04 bits per heavy atom. The Labute approximate surface area is 153 Å². The summed E-state index contributed by atoms with van der Waals surface area (Å²) < 4.78 is 24.3. The van der Waals surface area contributed by atoms with E-state index in [1.807, 2.05) is 32.0 Å². The van der Waals surface area contributed by atoms with Gasteiger partial charge >= 0.3 is 0 Å². The van der Waals surface area contributed by atoms with E-state index in [9.17, 15) is 13.2 Å². The maximum absolute atomic E-state index is 12.9. The van der Waals surface area contributed by atoms with Crippen molar-refractivity contribution in [1.29, 1.82) is 0 Å². The van der Waals surface area contributed by atoms with E-state index in [1.54, 1.807) is 4.90 Å². The number of aromatic nitrogens is 2. The zero-order valence-electron chi connectivity index (χ0n) is 15.1. The van der Waals surface area contributed by atoms with E-state index < -0.39 is 9.84 Å². The Bertz CT molecular complexity index is 952. The van der Waals surface area contributed by atoms with E-state index in [1.165, 1.54) is 0 Å². The van der Waals surface area contributed by atoms with Crippen LogP contribution >= 0.6 is 0 Å². The molecule has 1 aromatic carbocycles. The fraction of sp³-hybridized carbons (Fsp3) is 0.556. The lowest BCUT2D eigenvalue weighted by Crippen LogP contribution is -2.60. The Morgan fingerprint density at radius 1 is 1.27 bits per heavy atom. The summed E-state index contributed by atoms with van der Waals surface area (Å²) in [6, 6.07) is 5.50. The molecular formula is C18H24N4O3S. The highest BCUT2D eigenvalue weighted by Gasteiger charge is 2.47. The van der Waals surface area contributed by atoms with Gasteiger partial charge in [-0.25, -0.2) is 13.4 Å². The Morgan fingerprint density at radius 3 is 2.81 bits per heavy atom. The number of sulfone groups is 1. The molecule has 2 fully saturated rings. The van der Waals surface area contributed by atoms with Gasteiger partial charge < -0.3 is 9.88 Å². The lowest BCUT2D eigenvalue weighted by Gasteiger charge is -2.43. The van der Waals surface area contributed by atoms with Crippen molar-refractivity contribution in [2.24, 2.45) is 0 Å². The average molecular weight is 376 g/mol. The number of fused-ring (bicyclic) bond motifs is 2. The van der Waals surface area contributed by atoms with Crippen LogP contribution < -0.4 is 0 Å². The molecule has 3 heterocycles. The molecule has 4 rings (SSSR count). The SMILES string of the molecule is CCN1CCN(C(=O)Cc2ccc3nc(C)[nH]c3c2)[C@H]2CS(=O)(=O)C[C@H]21. The molecule has 2 aromatic rings. The van der Waals surface area contributed by atoms with Crippen molar-refractivity contribution >= 4 is 26.8 Å². The topological polar surface area (TPSA) is 86.4 Å². The van der Waals surface area contributed by atoms with E-state index in [0.29, 0.717) is 6.54 Å². The van der Waals surface area contributed by atoms with Gasteiger partial charge in [-0.2, -0.15) is 0 Å². The van der Waals surface area contributed by atoms with Gasteiger partial charge in [0.2, 0.25) is 5.91 Å². The smallest absolute Gasteiger partial charge is 0.227 e. The molecule has 1 aromatic heterocycles. The normalized spacial score (nSPS) is 25.5. The van der Waals surface area contributed by atoms with Crippen LogP contribution in [0, 0.1) is 6.92 Å². The van der Waals surface area contributed by atoms with Crippen LogP contribution in [0.15, 0.2) is 18.2 Å². The predicted molar refractivity (Wildman–Crippen MR) is 99.7 cm³/mol. The first-order valence-corrected chi connectivity index (χ1v) is 10.9. The Hall–Kier alpha value is -1.93. The van der Waals surface area contributed by atoms with Crippen LogP contribution in [0.5, 0.6) is 0 Å². The number of hydrogen-bond acceptors (Lipinski definition) is 5. The maximum atomic E-state index is 12.9. The van der Waals surface area contributed by atoms with Gasteiger partial charge in [0.25, 0.3) is 0 Å². The molecule has 0 bridgehead atoms. The first-order valence-electron chi connectivity index (χ1n) is 9.05.